The van der Waals surface area contributed by atoms with Crippen molar-refractivity contribution in [1.29, 1.82) is 0 Å². The Hall–Kier alpha value is -1.95. The highest BCUT2D eigenvalue weighted by Crippen LogP contribution is 2.39. The van der Waals surface area contributed by atoms with Crippen LogP contribution in [0.1, 0.15) is 30.6 Å². The normalized spacial score (nSPS) is 14.1. The molecule has 1 aliphatic heterocycles. The van der Waals surface area contributed by atoms with Crippen molar-refractivity contribution in [3.8, 4) is 11.5 Å². The van der Waals surface area contributed by atoms with Crippen LogP contribution in [0.15, 0.2) is 12.1 Å². The van der Waals surface area contributed by atoms with Gasteiger partial charge in [0.2, 0.25) is 6.79 Å². The number of amides is 1. The van der Waals surface area contributed by atoms with Crippen LogP contribution in [0.2, 0.25) is 5.02 Å². The molecule has 0 spiro atoms. The summed E-state index contributed by atoms with van der Waals surface area (Å²) in [6.45, 7) is 3.82. The fourth-order valence-corrected chi connectivity index (χ4v) is 2.30. The van der Waals surface area contributed by atoms with Gasteiger partial charge in [-0.2, -0.15) is 0 Å². The smallest absolute Gasteiger partial charge is 0.326 e. The van der Waals surface area contributed by atoms with Crippen LogP contribution in [0.4, 0.5) is 0 Å². The van der Waals surface area contributed by atoms with E-state index >= 15 is 0 Å². The molecule has 1 aromatic rings. The van der Waals surface area contributed by atoms with Crippen molar-refractivity contribution in [2.75, 3.05) is 6.79 Å². The van der Waals surface area contributed by atoms with Gasteiger partial charge in [-0.05, 0) is 24.5 Å². The Balaban J connectivity index is 2.16. The van der Waals surface area contributed by atoms with Crippen LogP contribution >= 0.6 is 11.6 Å². The Labute approximate surface area is 127 Å². The molecule has 0 radical (unpaired) electrons. The molecule has 0 aromatic heterocycles. The quantitative estimate of drug-likeness (QED) is 0.871. The van der Waals surface area contributed by atoms with E-state index in [1.807, 2.05) is 13.8 Å². The zero-order valence-electron chi connectivity index (χ0n) is 11.7. The van der Waals surface area contributed by atoms with E-state index in [0.717, 1.165) is 0 Å². The molecule has 1 amide bonds. The Morgan fingerprint density at radius 2 is 2.10 bits per heavy atom. The molecule has 7 heteroatoms. The van der Waals surface area contributed by atoms with Crippen molar-refractivity contribution in [1.82, 2.24) is 5.32 Å². The molecule has 0 saturated carbocycles. The second-order valence-electron chi connectivity index (χ2n) is 5.19. The highest BCUT2D eigenvalue weighted by molar-refractivity contribution is 6.32. The highest BCUT2D eigenvalue weighted by Gasteiger charge is 2.24. The first-order chi connectivity index (χ1) is 9.88. The summed E-state index contributed by atoms with van der Waals surface area (Å²) in [7, 11) is 0. The number of carboxylic acid groups (broad SMARTS) is 1. The van der Waals surface area contributed by atoms with Gasteiger partial charge in [0, 0.05) is 5.56 Å². The van der Waals surface area contributed by atoms with E-state index in [1.165, 1.54) is 12.1 Å². The molecule has 0 unspecified atom stereocenters. The molecular weight excluding hydrogens is 298 g/mol. The van der Waals surface area contributed by atoms with Gasteiger partial charge in [-0.15, -0.1) is 0 Å². The first-order valence-corrected chi connectivity index (χ1v) is 6.89. The molecule has 1 aliphatic rings. The van der Waals surface area contributed by atoms with E-state index < -0.39 is 17.9 Å². The lowest BCUT2D eigenvalue weighted by Crippen LogP contribution is -2.41. The molecule has 0 aliphatic carbocycles. The minimum atomic E-state index is -1.07. The van der Waals surface area contributed by atoms with E-state index in [-0.39, 0.29) is 23.3 Å². The molecular formula is C14H16ClNO5. The summed E-state index contributed by atoms with van der Waals surface area (Å²) in [6.07, 6.45) is 0.347. The standard InChI is InChI=1S/C14H16ClNO5/c1-7(2)3-10(14(18)19)16-13(17)8-4-9(15)12-11(5-8)20-6-21-12/h4-5,7,10H,3,6H2,1-2H3,(H,16,17)(H,18,19)/t10-/m1/s1. The van der Waals surface area contributed by atoms with Gasteiger partial charge in [-0.3, -0.25) is 4.79 Å². The zero-order valence-corrected chi connectivity index (χ0v) is 12.4. The molecule has 114 valence electrons. The van der Waals surface area contributed by atoms with Gasteiger partial charge in [0.05, 0.1) is 5.02 Å². The third kappa shape index (κ3) is 3.58. The lowest BCUT2D eigenvalue weighted by molar-refractivity contribution is -0.139. The summed E-state index contributed by atoms with van der Waals surface area (Å²) in [4.78, 5) is 23.3. The Morgan fingerprint density at radius 1 is 1.38 bits per heavy atom. The monoisotopic (exact) mass is 313 g/mol. The maximum absolute atomic E-state index is 12.2. The summed E-state index contributed by atoms with van der Waals surface area (Å²) in [6, 6.07) is 1.97. The average Bonchev–Trinajstić information content (AvgIpc) is 2.85. The van der Waals surface area contributed by atoms with Gasteiger partial charge in [0.1, 0.15) is 6.04 Å². The lowest BCUT2D eigenvalue weighted by atomic mass is 10.0. The van der Waals surface area contributed by atoms with Crippen LogP contribution in [0.25, 0.3) is 0 Å². The van der Waals surface area contributed by atoms with E-state index in [9.17, 15) is 9.59 Å². The topological polar surface area (TPSA) is 84.9 Å². The number of ether oxygens (including phenoxy) is 2. The van der Waals surface area contributed by atoms with Gasteiger partial charge >= 0.3 is 5.97 Å². The molecule has 0 saturated heterocycles. The van der Waals surface area contributed by atoms with Crippen LogP contribution < -0.4 is 14.8 Å². The minimum absolute atomic E-state index is 0.0469. The number of hydrogen-bond acceptors (Lipinski definition) is 4. The summed E-state index contributed by atoms with van der Waals surface area (Å²) >= 11 is 6.00. The Morgan fingerprint density at radius 3 is 2.71 bits per heavy atom. The number of rotatable bonds is 5. The molecule has 2 N–H and O–H groups in total. The number of benzene rings is 1. The molecule has 21 heavy (non-hydrogen) atoms. The number of carbonyl (C=O) groups is 2. The number of aliphatic carboxylic acids is 1. The first-order valence-electron chi connectivity index (χ1n) is 6.51. The summed E-state index contributed by atoms with van der Waals surface area (Å²) in [5, 5.41) is 11.9. The molecule has 1 heterocycles. The van der Waals surface area contributed by atoms with E-state index in [0.29, 0.717) is 17.9 Å². The minimum Gasteiger partial charge on any atom is -0.480 e. The second-order valence-corrected chi connectivity index (χ2v) is 5.59. The van der Waals surface area contributed by atoms with Crippen LogP contribution in [0, 0.1) is 5.92 Å². The van der Waals surface area contributed by atoms with Crippen molar-refractivity contribution in [3.05, 3.63) is 22.7 Å². The van der Waals surface area contributed by atoms with E-state index in [2.05, 4.69) is 5.32 Å². The Kier molecular flexibility index (Phi) is 4.57. The van der Waals surface area contributed by atoms with Gasteiger partial charge in [0.25, 0.3) is 5.91 Å². The molecule has 1 atom stereocenters. The van der Waals surface area contributed by atoms with Crippen molar-refractivity contribution >= 4 is 23.5 Å². The number of halogens is 1. The van der Waals surface area contributed by atoms with Gasteiger partial charge in [0.15, 0.2) is 11.5 Å². The fraction of sp³-hybridized carbons (Fsp3) is 0.429. The number of fused-ring (bicyclic) bond motifs is 1. The fourth-order valence-electron chi connectivity index (χ4n) is 2.03. The molecule has 1 aromatic carbocycles. The van der Waals surface area contributed by atoms with Crippen molar-refractivity contribution in [3.63, 3.8) is 0 Å². The zero-order chi connectivity index (χ0) is 15.6. The van der Waals surface area contributed by atoms with Gasteiger partial charge in [-0.25, -0.2) is 4.79 Å². The number of carbonyl (C=O) groups excluding carboxylic acids is 1. The first kappa shape index (κ1) is 15.4. The van der Waals surface area contributed by atoms with E-state index in [1.54, 1.807) is 0 Å². The van der Waals surface area contributed by atoms with Crippen LogP contribution in [-0.2, 0) is 4.79 Å². The molecule has 0 fully saturated rings. The van der Waals surface area contributed by atoms with E-state index in [4.69, 9.17) is 26.2 Å². The number of carboxylic acids is 1. The predicted octanol–water partition coefficient (Wildman–Crippen LogP) is 2.30. The van der Waals surface area contributed by atoms with Crippen LogP contribution in [0.5, 0.6) is 11.5 Å². The molecule has 0 bridgehead atoms. The largest absolute Gasteiger partial charge is 0.480 e. The number of nitrogens with one attached hydrogen (secondary N) is 1. The van der Waals surface area contributed by atoms with Crippen LogP contribution in [0.3, 0.4) is 0 Å². The highest BCUT2D eigenvalue weighted by atomic mass is 35.5. The third-order valence-electron chi connectivity index (χ3n) is 3.00. The molecule has 6 nitrogen and oxygen atoms in total. The third-order valence-corrected chi connectivity index (χ3v) is 3.28. The van der Waals surface area contributed by atoms with Crippen molar-refractivity contribution in [2.45, 2.75) is 26.3 Å². The van der Waals surface area contributed by atoms with Crippen molar-refractivity contribution < 1.29 is 24.2 Å². The Bertz CT molecular complexity index is 573. The summed E-state index contributed by atoms with van der Waals surface area (Å²) < 4.78 is 10.3. The van der Waals surface area contributed by atoms with Gasteiger partial charge in [-0.1, -0.05) is 25.4 Å². The second kappa shape index (κ2) is 6.22. The van der Waals surface area contributed by atoms with Gasteiger partial charge < -0.3 is 19.9 Å². The SMILES string of the molecule is CC(C)C[C@@H](NC(=O)c1cc(Cl)c2c(c1)OCO2)C(=O)O. The maximum atomic E-state index is 12.2. The van der Waals surface area contributed by atoms with Crippen LogP contribution in [-0.4, -0.2) is 29.8 Å². The number of hydrogen-bond donors (Lipinski definition) is 2. The lowest BCUT2D eigenvalue weighted by Gasteiger charge is -2.16. The van der Waals surface area contributed by atoms with Crippen molar-refractivity contribution in [2.24, 2.45) is 5.92 Å². The molecule has 2 rings (SSSR count). The summed E-state index contributed by atoms with van der Waals surface area (Å²) in [5.74, 6) is -0.660. The average molecular weight is 314 g/mol. The predicted molar refractivity (Wildman–Crippen MR) is 75.9 cm³/mol. The summed E-state index contributed by atoms with van der Waals surface area (Å²) in [5.41, 5.74) is 0.235. The maximum Gasteiger partial charge on any atom is 0.326 e.